The fraction of sp³-hybridized carbons (Fsp3) is 0.833. The van der Waals surface area contributed by atoms with Gasteiger partial charge in [0.1, 0.15) is 11.9 Å². The first-order valence-corrected chi connectivity index (χ1v) is 8.63. The third kappa shape index (κ3) is 2.64. The van der Waals surface area contributed by atoms with Crippen molar-refractivity contribution in [2.24, 2.45) is 0 Å². The summed E-state index contributed by atoms with van der Waals surface area (Å²) in [5.74, 6) is 0.863. The maximum atomic E-state index is 9.83. The molecule has 0 aliphatic heterocycles. The van der Waals surface area contributed by atoms with Crippen LogP contribution in [-0.4, -0.2) is 19.5 Å². The zero-order chi connectivity index (χ0) is 11.9. The second-order valence-corrected chi connectivity index (χ2v) is 10.8. The van der Waals surface area contributed by atoms with Gasteiger partial charge in [0.25, 0.3) is 0 Å². The van der Waals surface area contributed by atoms with Crippen molar-refractivity contribution in [2.45, 2.75) is 64.8 Å². The summed E-state index contributed by atoms with van der Waals surface area (Å²) >= 11 is 0. The quantitative estimate of drug-likeness (QED) is 0.734. The molecular weight excluding hydrogens is 204 g/mol. The van der Waals surface area contributed by atoms with E-state index < -0.39 is 8.32 Å². The Morgan fingerprint density at radius 3 is 2.20 bits per heavy atom. The Hall–Kier alpha value is -0.283. The highest BCUT2D eigenvalue weighted by Crippen LogP contribution is 2.40. The molecule has 0 aromatic carbocycles. The van der Waals surface area contributed by atoms with Gasteiger partial charge in [0.05, 0.1) is 0 Å². The lowest BCUT2D eigenvalue weighted by atomic mass is 10.2. The first-order chi connectivity index (χ1) is 6.65. The van der Waals surface area contributed by atoms with Crippen molar-refractivity contribution in [1.29, 1.82) is 0 Å². The van der Waals surface area contributed by atoms with E-state index in [1.165, 1.54) is 5.57 Å². The molecule has 0 spiro atoms. The molecule has 0 aromatic heterocycles. The van der Waals surface area contributed by atoms with E-state index in [2.05, 4.69) is 40.8 Å². The average Bonchev–Trinajstić information content (AvgIpc) is 2.33. The van der Waals surface area contributed by atoms with E-state index in [1.807, 2.05) is 0 Å². The van der Waals surface area contributed by atoms with Crippen LogP contribution in [0.15, 0.2) is 11.3 Å². The normalized spacial score (nSPS) is 23.5. The molecule has 0 saturated carbocycles. The molecule has 0 saturated heterocycles. The van der Waals surface area contributed by atoms with E-state index in [0.29, 0.717) is 0 Å². The largest absolute Gasteiger partial charge is 0.545 e. The summed E-state index contributed by atoms with van der Waals surface area (Å²) < 4.78 is 6.16. The molecule has 1 aliphatic carbocycles. The van der Waals surface area contributed by atoms with Gasteiger partial charge in [-0.3, -0.25) is 0 Å². The van der Waals surface area contributed by atoms with Crippen LogP contribution in [0.5, 0.6) is 0 Å². The molecule has 1 unspecified atom stereocenters. The van der Waals surface area contributed by atoms with Gasteiger partial charge < -0.3 is 9.53 Å². The Labute approximate surface area is 94.5 Å². The molecule has 0 bridgehead atoms. The van der Waals surface area contributed by atoms with Gasteiger partial charge in [0.15, 0.2) is 0 Å². The van der Waals surface area contributed by atoms with Crippen LogP contribution in [0.25, 0.3) is 0 Å². The Kier molecular flexibility index (Phi) is 3.36. The van der Waals surface area contributed by atoms with E-state index in [1.54, 1.807) is 0 Å². The second-order valence-electron chi connectivity index (χ2n) is 6.06. The third-order valence-electron chi connectivity index (χ3n) is 3.69. The lowest BCUT2D eigenvalue weighted by Crippen LogP contribution is -2.41. The number of aliphatic hydroxyl groups excluding tert-OH is 1. The van der Waals surface area contributed by atoms with Crippen LogP contribution in [0.4, 0.5) is 0 Å². The van der Waals surface area contributed by atoms with Gasteiger partial charge >= 0.3 is 0 Å². The van der Waals surface area contributed by atoms with Crippen LogP contribution in [0.2, 0.25) is 18.1 Å². The van der Waals surface area contributed by atoms with Crippen molar-refractivity contribution >= 4 is 8.32 Å². The summed E-state index contributed by atoms with van der Waals surface area (Å²) in [5.41, 5.74) is 1.23. The van der Waals surface area contributed by atoms with Crippen molar-refractivity contribution in [2.75, 3.05) is 0 Å². The fourth-order valence-corrected chi connectivity index (χ4v) is 2.64. The monoisotopic (exact) mass is 228 g/mol. The van der Waals surface area contributed by atoms with Crippen molar-refractivity contribution in [1.82, 2.24) is 0 Å². The van der Waals surface area contributed by atoms with Gasteiger partial charge in [-0.2, -0.15) is 0 Å². The van der Waals surface area contributed by atoms with E-state index in [9.17, 15) is 5.11 Å². The second kappa shape index (κ2) is 3.94. The van der Waals surface area contributed by atoms with Gasteiger partial charge in [-0.1, -0.05) is 20.8 Å². The van der Waals surface area contributed by atoms with Crippen molar-refractivity contribution < 1.29 is 9.53 Å². The molecule has 1 N–H and O–H groups in total. The van der Waals surface area contributed by atoms with E-state index in [-0.39, 0.29) is 11.1 Å². The van der Waals surface area contributed by atoms with Crippen LogP contribution in [0, 0.1) is 0 Å². The zero-order valence-corrected chi connectivity index (χ0v) is 11.8. The van der Waals surface area contributed by atoms with Gasteiger partial charge in [0.2, 0.25) is 8.32 Å². The molecule has 1 rings (SSSR count). The van der Waals surface area contributed by atoms with Crippen molar-refractivity contribution in [3.8, 4) is 0 Å². The average molecular weight is 228 g/mol. The number of hydrogen-bond donors (Lipinski definition) is 1. The summed E-state index contributed by atoms with van der Waals surface area (Å²) in [6.45, 7) is 13.2. The molecule has 2 nitrogen and oxygen atoms in total. The summed E-state index contributed by atoms with van der Waals surface area (Å²) in [5, 5.41) is 10.0. The van der Waals surface area contributed by atoms with Crippen LogP contribution in [0.1, 0.15) is 40.5 Å². The van der Waals surface area contributed by atoms with Crippen molar-refractivity contribution in [3.05, 3.63) is 11.3 Å². The number of rotatable bonds is 2. The topological polar surface area (TPSA) is 29.5 Å². The number of allylic oxidation sites excluding steroid dienone is 1. The molecule has 0 heterocycles. The highest BCUT2D eigenvalue weighted by molar-refractivity contribution is 6.74. The Balaban J connectivity index is 2.82. The molecule has 0 aromatic rings. The van der Waals surface area contributed by atoms with Gasteiger partial charge in [0, 0.05) is 0 Å². The predicted octanol–water partition coefficient (Wildman–Crippen LogP) is 3.44. The van der Waals surface area contributed by atoms with E-state index >= 15 is 0 Å². The maximum Gasteiger partial charge on any atom is 0.250 e. The predicted molar refractivity (Wildman–Crippen MR) is 66.2 cm³/mol. The smallest absolute Gasteiger partial charge is 0.250 e. The Morgan fingerprint density at radius 1 is 1.33 bits per heavy atom. The highest BCUT2D eigenvalue weighted by atomic mass is 28.4. The minimum Gasteiger partial charge on any atom is -0.545 e. The Bertz CT molecular complexity index is 274. The molecule has 3 heteroatoms. The SMILES string of the molecule is CC1=C(O[Si](C)(C)C(C)(C)C)C(O)CC1. The van der Waals surface area contributed by atoms with Gasteiger partial charge in [-0.15, -0.1) is 0 Å². The minimum atomic E-state index is -1.77. The molecule has 0 amide bonds. The third-order valence-corrected chi connectivity index (χ3v) is 8.03. The first kappa shape index (κ1) is 12.8. The summed E-state index contributed by atoms with van der Waals surface area (Å²) in [4.78, 5) is 0. The molecule has 88 valence electrons. The van der Waals surface area contributed by atoms with Gasteiger partial charge in [-0.25, -0.2) is 0 Å². The molecule has 0 radical (unpaired) electrons. The number of aliphatic hydroxyl groups is 1. The summed E-state index contributed by atoms with van der Waals surface area (Å²) in [6, 6.07) is 0. The van der Waals surface area contributed by atoms with Crippen LogP contribution < -0.4 is 0 Å². The van der Waals surface area contributed by atoms with Gasteiger partial charge in [-0.05, 0) is 43.5 Å². The lowest BCUT2D eigenvalue weighted by molar-refractivity contribution is 0.160. The number of hydrogen-bond acceptors (Lipinski definition) is 2. The summed E-state index contributed by atoms with van der Waals surface area (Å²) in [6.07, 6.45) is 1.44. The van der Waals surface area contributed by atoms with E-state index in [4.69, 9.17) is 4.43 Å². The fourth-order valence-electron chi connectivity index (χ4n) is 1.48. The standard InChI is InChI=1S/C12H24O2Si/c1-9-7-8-10(13)11(9)14-15(5,6)12(2,3)4/h10,13H,7-8H2,1-6H3. The van der Waals surface area contributed by atoms with Crippen LogP contribution in [-0.2, 0) is 4.43 Å². The molecule has 0 fully saturated rings. The minimum absolute atomic E-state index is 0.197. The molecular formula is C12H24O2Si. The van der Waals surface area contributed by atoms with Crippen LogP contribution in [0.3, 0.4) is 0 Å². The highest BCUT2D eigenvalue weighted by Gasteiger charge is 2.41. The molecule has 15 heavy (non-hydrogen) atoms. The zero-order valence-electron chi connectivity index (χ0n) is 10.8. The molecule has 1 atom stereocenters. The van der Waals surface area contributed by atoms with Crippen LogP contribution >= 0.6 is 0 Å². The maximum absolute atomic E-state index is 9.83. The lowest BCUT2D eigenvalue weighted by Gasteiger charge is -2.37. The van der Waals surface area contributed by atoms with Crippen molar-refractivity contribution in [3.63, 3.8) is 0 Å². The summed E-state index contributed by atoms with van der Waals surface area (Å²) in [7, 11) is -1.77. The molecule has 1 aliphatic rings. The van der Waals surface area contributed by atoms with E-state index in [0.717, 1.165) is 18.6 Å². The Morgan fingerprint density at radius 2 is 1.87 bits per heavy atom. The first-order valence-electron chi connectivity index (χ1n) is 5.72.